The lowest BCUT2D eigenvalue weighted by molar-refractivity contribution is -0.385. The van der Waals surface area contributed by atoms with Gasteiger partial charge in [-0.05, 0) is 18.4 Å². The Labute approximate surface area is 120 Å². The third kappa shape index (κ3) is 3.31. The molecule has 2 aromatic rings. The van der Waals surface area contributed by atoms with E-state index in [2.05, 4.69) is 10.2 Å². The molecule has 9 heteroatoms. The molecule has 0 unspecified atom stereocenters. The fourth-order valence-electron chi connectivity index (χ4n) is 1.28. The van der Waals surface area contributed by atoms with Gasteiger partial charge in [-0.25, -0.2) is 0 Å². The third-order valence-corrected chi connectivity index (χ3v) is 5.03. The van der Waals surface area contributed by atoms with Gasteiger partial charge in [0.05, 0.1) is 10.5 Å². The van der Waals surface area contributed by atoms with Crippen LogP contribution >= 0.6 is 34.9 Å². The maximum atomic E-state index is 10.8. The van der Waals surface area contributed by atoms with Gasteiger partial charge in [0, 0.05) is 11.0 Å². The van der Waals surface area contributed by atoms with Gasteiger partial charge in [-0.3, -0.25) is 14.9 Å². The highest BCUT2D eigenvalue weighted by Gasteiger charge is 2.14. The van der Waals surface area contributed by atoms with Crippen molar-refractivity contribution in [2.45, 2.75) is 13.6 Å². The zero-order valence-electron chi connectivity index (χ0n) is 9.60. The van der Waals surface area contributed by atoms with Crippen LogP contribution in [0.4, 0.5) is 5.69 Å². The van der Waals surface area contributed by atoms with E-state index in [1.165, 1.54) is 47.0 Å². The molecule has 0 atom stereocenters. The Hall–Kier alpha value is -1.45. The molecule has 0 saturated heterocycles. The third-order valence-electron chi connectivity index (χ3n) is 2.09. The average Bonchev–Trinajstić information content (AvgIpc) is 2.86. The Morgan fingerprint density at radius 3 is 2.68 bits per heavy atom. The van der Waals surface area contributed by atoms with Crippen LogP contribution in [0, 0.1) is 10.1 Å². The van der Waals surface area contributed by atoms with Gasteiger partial charge in [0.2, 0.25) is 0 Å². The zero-order valence-corrected chi connectivity index (χ0v) is 12.1. The second-order valence-electron chi connectivity index (χ2n) is 3.24. The number of nitro benzene ring substituents is 1. The first kappa shape index (κ1) is 14.0. The molecule has 0 amide bonds. The standard InChI is InChI=1S/C10H7N3O3S3/c1-17-9-11-12-10(19-9)18-7-2-3-8(13(15)16)6(4-7)5-14/h2-5H,1H3. The number of aromatic nitrogens is 2. The van der Waals surface area contributed by atoms with Crippen molar-refractivity contribution in [2.24, 2.45) is 0 Å². The predicted octanol–water partition coefficient (Wildman–Crippen LogP) is 3.13. The van der Waals surface area contributed by atoms with E-state index in [1.54, 1.807) is 6.07 Å². The van der Waals surface area contributed by atoms with Gasteiger partial charge in [0.1, 0.15) is 0 Å². The first-order valence-corrected chi connectivity index (χ1v) is 7.78. The van der Waals surface area contributed by atoms with E-state index in [0.717, 1.165) is 13.6 Å². The van der Waals surface area contributed by atoms with E-state index >= 15 is 0 Å². The molecule has 0 bridgehead atoms. The number of hydrogen-bond acceptors (Lipinski definition) is 8. The molecule has 2 rings (SSSR count). The van der Waals surface area contributed by atoms with Crippen molar-refractivity contribution in [3.63, 3.8) is 0 Å². The topological polar surface area (TPSA) is 86.0 Å². The molecule has 1 heterocycles. The van der Waals surface area contributed by atoms with E-state index in [1.807, 2.05) is 6.26 Å². The fraction of sp³-hybridized carbons (Fsp3) is 0.100. The molecule has 0 N–H and O–H groups in total. The van der Waals surface area contributed by atoms with Crippen LogP contribution in [-0.2, 0) is 0 Å². The molecular formula is C10H7N3O3S3. The van der Waals surface area contributed by atoms with E-state index in [0.29, 0.717) is 6.29 Å². The summed E-state index contributed by atoms with van der Waals surface area (Å²) < 4.78 is 1.58. The minimum absolute atomic E-state index is 0.0598. The van der Waals surface area contributed by atoms with Gasteiger partial charge in [0.25, 0.3) is 5.69 Å². The zero-order chi connectivity index (χ0) is 13.8. The fourth-order valence-corrected chi connectivity index (χ4v) is 3.74. The first-order valence-electron chi connectivity index (χ1n) is 4.93. The van der Waals surface area contributed by atoms with Crippen LogP contribution in [0.15, 0.2) is 31.8 Å². The molecule has 1 aromatic carbocycles. The molecule has 1 aromatic heterocycles. The molecule has 0 aliphatic rings. The summed E-state index contributed by atoms with van der Waals surface area (Å²) in [5.74, 6) is 0. The molecule has 0 spiro atoms. The smallest absolute Gasteiger partial charge is 0.279 e. The number of nitro groups is 1. The lowest BCUT2D eigenvalue weighted by Crippen LogP contribution is -1.94. The molecule has 6 nitrogen and oxygen atoms in total. The minimum Gasteiger partial charge on any atom is -0.298 e. The minimum atomic E-state index is -0.574. The molecule has 19 heavy (non-hydrogen) atoms. The number of thioether (sulfide) groups is 1. The SMILES string of the molecule is CSc1nnc(Sc2ccc([N+](=O)[O-])c(C=O)c2)s1. The summed E-state index contributed by atoms with van der Waals surface area (Å²) in [6, 6.07) is 4.40. The predicted molar refractivity (Wildman–Crippen MR) is 74.3 cm³/mol. The van der Waals surface area contributed by atoms with Gasteiger partial charge in [-0.15, -0.1) is 10.2 Å². The highest BCUT2D eigenvalue weighted by molar-refractivity contribution is 8.03. The van der Waals surface area contributed by atoms with Gasteiger partial charge < -0.3 is 0 Å². The maximum Gasteiger partial charge on any atom is 0.279 e. The number of carbonyl (C=O) groups is 1. The average molecular weight is 313 g/mol. The normalized spacial score (nSPS) is 10.4. The van der Waals surface area contributed by atoms with Crippen molar-refractivity contribution < 1.29 is 9.72 Å². The number of hydrogen-bond donors (Lipinski definition) is 0. The molecule has 0 aliphatic carbocycles. The van der Waals surface area contributed by atoms with Crippen molar-refractivity contribution in [2.75, 3.05) is 6.26 Å². The summed E-state index contributed by atoms with van der Waals surface area (Å²) in [5, 5.41) is 18.6. The van der Waals surface area contributed by atoms with Gasteiger partial charge in [-0.2, -0.15) is 0 Å². The van der Waals surface area contributed by atoms with Crippen LogP contribution in [0.1, 0.15) is 10.4 Å². The second-order valence-corrected chi connectivity index (χ2v) is 6.59. The van der Waals surface area contributed by atoms with Gasteiger partial charge >= 0.3 is 0 Å². The molecule has 0 aliphatic heterocycles. The number of aldehydes is 1. The van der Waals surface area contributed by atoms with Gasteiger partial charge in [0.15, 0.2) is 15.0 Å². The monoisotopic (exact) mass is 313 g/mol. The van der Waals surface area contributed by atoms with Crippen LogP contribution in [0.3, 0.4) is 0 Å². The maximum absolute atomic E-state index is 10.8. The van der Waals surface area contributed by atoms with Crippen molar-refractivity contribution in [1.82, 2.24) is 10.2 Å². The van der Waals surface area contributed by atoms with Crippen molar-refractivity contribution in [3.05, 3.63) is 33.9 Å². The van der Waals surface area contributed by atoms with Crippen LogP contribution in [-0.4, -0.2) is 27.7 Å². The van der Waals surface area contributed by atoms with Crippen LogP contribution in [0.2, 0.25) is 0 Å². The van der Waals surface area contributed by atoms with E-state index in [-0.39, 0.29) is 11.3 Å². The molecule has 0 saturated carbocycles. The first-order chi connectivity index (χ1) is 9.13. The summed E-state index contributed by atoms with van der Waals surface area (Å²) in [6.45, 7) is 0. The van der Waals surface area contributed by atoms with Gasteiger partial charge in [-0.1, -0.05) is 34.9 Å². The Bertz CT molecular complexity index is 629. The number of benzene rings is 1. The number of rotatable bonds is 5. The Morgan fingerprint density at radius 1 is 1.37 bits per heavy atom. The van der Waals surface area contributed by atoms with Crippen molar-refractivity contribution in [3.8, 4) is 0 Å². The number of nitrogens with zero attached hydrogens (tertiary/aromatic N) is 3. The lowest BCUT2D eigenvalue weighted by atomic mass is 10.2. The van der Waals surface area contributed by atoms with E-state index in [9.17, 15) is 14.9 Å². The Balaban J connectivity index is 2.26. The van der Waals surface area contributed by atoms with Crippen LogP contribution < -0.4 is 0 Å². The largest absolute Gasteiger partial charge is 0.298 e. The number of carbonyl (C=O) groups excluding carboxylic acids is 1. The summed E-state index contributed by atoms with van der Waals surface area (Å²) in [5.41, 5.74) is -0.133. The highest BCUT2D eigenvalue weighted by atomic mass is 32.2. The highest BCUT2D eigenvalue weighted by Crippen LogP contribution is 2.34. The Kier molecular flexibility index (Phi) is 4.51. The molecule has 0 fully saturated rings. The quantitative estimate of drug-likeness (QED) is 0.363. The summed E-state index contributed by atoms with van der Waals surface area (Å²) in [6.07, 6.45) is 2.39. The lowest BCUT2D eigenvalue weighted by Gasteiger charge is -1.99. The van der Waals surface area contributed by atoms with Crippen LogP contribution in [0.25, 0.3) is 0 Å². The molecular weight excluding hydrogens is 306 g/mol. The summed E-state index contributed by atoms with van der Waals surface area (Å²) in [4.78, 5) is 21.7. The molecule has 98 valence electrons. The summed E-state index contributed by atoms with van der Waals surface area (Å²) >= 11 is 4.26. The molecule has 0 radical (unpaired) electrons. The van der Waals surface area contributed by atoms with Crippen LogP contribution in [0.5, 0.6) is 0 Å². The van der Waals surface area contributed by atoms with E-state index in [4.69, 9.17) is 0 Å². The van der Waals surface area contributed by atoms with Crippen molar-refractivity contribution >= 4 is 46.8 Å². The second kappa shape index (κ2) is 6.13. The Morgan fingerprint density at radius 2 is 2.11 bits per heavy atom. The van der Waals surface area contributed by atoms with Crippen molar-refractivity contribution in [1.29, 1.82) is 0 Å². The van der Waals surface area contributed by atoms with E-state index < -0.39 is 4.92 Å². The summed E-state index contributed by atoms with van der Waals surface area (Å²) in [7, 11) is 0.